The van der Waals surface area contributed by atoms with Crippen molar-refractivity contribution in [1.82, 2.24) is 15.5 Å². The van der Waals surface area contributed by atoms with Crippen LogP contribution in [0.3, 0.4) is 0 Å². The van der Waals surface area contributed by atoms with Crippen molar-refractivity contribution in [2.24, 2.45) is 5.41 Å². The van der Waals surface area contributed by atoms with Crippen LogP contribution >= 0.6 is 46.4 Å². The number of rotatable bonds is 4. The van der Waals surface area contributed by atoms with E-state index in [0.29, 0.717) is 50.1 Å². The average molecular weight is 1010 g/mol. The Kier molecular flexibility index (Phi) is 12.5. The minimum absolute atomic E-state index is 0.0958. The van der Waals surface area contributed by atoms with Crippen LogP contribution in [0.4, 0.5) is 0 Å². The van der Waals surface area contributed by atoms with Gasteiger partial charge in [-0.1, -0.05) is 171 Å². The summed E-state index contributed by atoms with van der Waals surface area (Å²) in [5.74, 6) is -0.981. The molecule has 6 atom stereocenters. The molecule has 2 heterocycles. The summed E-state index contributed by atoms with van der Waals surface area (Å²) in [4.78, 5) is 2.49. The number of alkyl halides is 1. The van der Waals surface area contributed by atoms with Crippen molar-refractivity contribution < 1.29 is 25.7 Å². The molecule has 0 amide bonds. The number of hydrogen-bond donors (Lipinski definition) is 3. The molecule has 0 saturated carbocycles. The van der Waals surface area contributed by atoms with Crippen LogP contribution in [0.15, 0.2) is 145 Å². The third kappa shape index (κ3) is 13.2. The van der Waals surface area contributed by atoms with Gasteiger partial charge in [0.2, 0.25) is 0 Å². The molecule has 8 heteroatoms. The van der Waals surface area contributed by atoms with Crippen molar-refractivity contribution >= 4 is 46.4 Å². The largest absolute Gasteiger partial charge is 0.388 e. The van der Waals surface area contributed by atoms with Crippen LogP contribution in [0, 0.1) is 5.41 Å². The van der Waals surface area contributed by atoms with Gasteiger partial charge in [-0.05, 0) is 144 Å². The van der Waals surface area contributed by atoms with E-state index in [1.165, 1.54) is 6.42 Å². The summed E-state index contributed by atoms with van der Waals surface area (Å²) >= 11 is 24.6. The predicted octanol–water partition coefficient (Wildman–Crippen LogP) is 16.1. The lowest BCUT2D eigenvalue weighted by Crippen LogP contribution is -2.55. The minimum Gasteiger partial charge on any atom is -0.388 e. The van der Waals surface area contributed by atoms with Gasteiger partial charge in [0, 0.05) is 70.6 Å². The van der Waals surface area contributed by atoms with E-state index >= 15 is 0 Å². The maximum absolute atomic E-state index is 10.2. The summed E-state index contributed by atoms with van der Waals surface area (Å²) in [6.07, 6.45) is 3.06. The van der Waals surface area contributed by atoms with Crippen molar-refractivity contribution in [1.29, 1.82) is 0 Å². The highest BCUT2D eigenvalue weighted by Gasteiger charge is 2.39. The molecule has 2 fully saturated rings. The quantitative estimate of drug-likeness (QED) is 0.154. The van der Waals surface area contributed by atoms with E-state index in [0.717, 1.165) is 67.0 Å². The number of piperidine rings is 1. The summed E-state index contributed by atoms with van der Waals surface area (Å²) < 4.78 is 120. The standard InChI is InChI=1S/C22H26ClN.C15H12Cl2.C15H13ClO.C6H14N2.C2H6/c1-22(2)11-6-12-24(15-22)21-14-19(16-7-4-3-5-8-16)18-10-9-17(23)13-20(18)21;2*16-11-6-7-12-13(9-15(17)14(12)8-11)10-4-2-1-3-5-10;1-6(2)5-7-3-4-8-6;1-2/h3-5,7-10,13,19,21H,6,11-12,14-15H2,1-2H3;1-8,13,15H,9H2;1-8,13,15,17H,9H2;7-8H,3-5H2,1-2H3;1-2H3/t19-,21+;;;;/m0..../s1/i3D,4D,5D,7D,8D;2*1D,2D,3D,4D,5D;;. The van der Waals surface area contributed by atoms with Gasteiger partial charge >= 0.3 is 0 Å². The molecule has 4 nitrogen and oxygen atoms in total. The first-order valence-electron chi connectivity index (χ1n) is 31.1. The van der Waals surface area contributed by atoms with Crippen LogP contribution in [0.25, 0.3) is 0 Å². The zero-order chi connectivity index (χ0) is 61.5. The molecule has 68 heavy (non-hydrogen) atoms. The molecule has 2 saturated heterocycles. The monoisotopic (exact) mass is 1000 g/mol. The normalized spacial score (nSPS) is 27.0. The number of benzene rings is 6. The molecule has 0 aromatic heterocycles. The molecule has 0 radical (unpaired) electrons. The topological polar surface area (TPSA) is 47.5 Å². The van der Waals surface area contributed by atoms with Gasteiger partial charge in [0.25, 0.3) is 0 Å². The van der Waals surface area contributed by atoms with E-state index in [4.69, 9.17) is 67.0 Å². The van der Waals surface area contributed by atoms with Gasteiger partial charge in [0.1, 0.15) is 0 Å². The Bertz CT molecular complexity index is 3180. The molecule has 2 aliphatic heterocycles. The van der Waals surface area contributed by atoms with Crippen molar-refractivity contribution in [3.8, 4) is 0 Å². The summed E-state index contributed by atoms with van der Waals surface area (Å²) in [6, 6.07) is 12.4. The van der Waals surface area contributed by atoms with Gasteiger partial charge in [-0.3, -0.25) is 4.90 Å². The lowest BCUT2D eigenvalue weighted by molar-refractivity contribution is 0.0769. The Labute approximate surface area is 448 Å². The van der Waals surface area contributed by atoms with E-state index in [2.05, 4.69) is 43.2 Å². The Morgan fingerprint density at radius 3 is 1.51 bits per heavy atom. The SMILES string of the molecule is CC.CC1(C)CNCCN1.[2H]c1c([2H])c([2H])c(C2CC(Cl)c3cc(Cl)ccc32)c([2H])c1[2H].[2H]c1c([2H])c([2H])c(C2CC(O)c3cc(Cl)ccc32)c([2H])c1[2H].[2H]c1c([2H])c([2H])c([C@@H]2C[C@@H](N3CCCC(C)(C)C3)c3cc(Cl)ccc32)c([2H])c1[2H]. The maximum Gasteiger partial charge on any atom is 0.0802 e. The zero-order valence-electron chi connectivity index (χ0n) is 54.6. The van der Waals surface area contributed by atoms with Gasteiger partial charge in [-0.25, -0.2) is 0 Å². The van der Waals surface area contributed by atoms with Crippen LogP contribution in [0.1, 0.15) is 180 Å². The molecule has 3 N–H and O–H groups in total. The van der Waals surface area contributed by atoms with Crippen molar-refractivity contribution in [3.63, 3.8) is 0 Å². The summed E-state index contributed by atoms with van der Waals surface area (Å²) in [5.41, 5.74) is 6.81. The predicted molar refractivity (Wildman–Crippen MR) is 290 cm³/mol. The maximum atomic E-state index is 10.2. The van der Waals surface area contributed by atoms with Crippen molar-refractivity contribution in [3.05, 3.63) is 210 Å². The zero-order valence-corrected chi connectivity index (χ0v) is 42.7. The first-order chi connectivity index (χ1) is 39.0. The Hall–Kier alpha value is -3.68. The van der Waals surface area contributed by atoms with E-state index in [9.17, 15) is 5.11 Å². The number of piperazine rings is 1. The molecular weight excluding hydrogens is 920 g/mol. The lowest BCUT2D eigenvalue weighted by atomic mass is 9.83. The second-order valence-corrected chi connectivity index (χ2v) is 20.9. The molecule has 6 aromatic rings. The highest BCUT2D eigenvalue weighted by Crippen LogP contribution is 2.50. The molecule has 6 aromatic carbocycles. The van der Waals surface area contributed by atoms with Crippen molar-refractivity contribution in [2.75, 3.05) is 32.7 Å². The van der Waals surface area contributed by atoms with E-state index in [1.54, 1.807) is 30.3 Å². The number of fused-ring (bicyclic) bond motifs is 3. The molecule has 4 unspecified atom stereocenters. The fraction of sp³-hybridized carbons (Fsp3) is 0.400. The van der Waals surface area contributed by atoms with Gasteiger partial charge in [0.05, 0.1) is 32.0 Å². The summed E-state index contributed by atoms with van der Waals surface area (Å²) in [6.45, 7) is 18.3. The van der Waals surface area contributed by atoms with Gasteiger partial charge in [-0.15, -0.1) is 11.6 Å². The van der Waals surface area contributed by atoms with Crippen LogP contribution in [-0.2, 0) is 0 Å². The lowest BCUT2D eigenvalue weighted by Gasteiger charge is -2.41. The number of aliphatic hydroxyl groups excluding tert-OH is 1. The van der Waals surface area contributed by atoms with E-state index in [1.807, 2.05) is 38.1 Å². The Balaban J connectivity index is 0.000000167. The minimum atomic E-state index is -0.753. The van der Waals surface area contributed by atoms with Crippen molar-refractivity contribution in [2.45, 2.75) is 114 Å². The van der Waals surface area contributed by atoms with Crippen LogP contribution in [-0.4, -0.2) is 48.3 Å². The third-order valence-electron chi connectivity index (χ3n) is 13.1. The fourth-order valence-corrected chi connectivity index (χ4v) is 10.9. The Morgan fingerprint density at radius 1 is 0.588 bits per heavy atom. The van der Waals surface area contributed by atoms with Crippen LogP contribution in [0.2, 0.25) is 15.1 Å². The highest BCUT2D eigenvalue weighted by molar-refractivity contribution is 6.31. The summed E-state index contributed by atoms with van der Waals surface area (Å²) in [7, 11) is 0. The van der Waals surface area contributed by atoms with E-state index < -0.39 is 18.1 Å². The Morgan fingerprint density at radius 2 is 1.04 bits per heavy atom. The molecule has 360 valence electrons. The van der Waals surface area contributed by atoms with Crippen LogP contribution in [0.5, 0.6) is 0 Å². The van der Waals surface area contributed by atoms with Gasteiger partial charge < -0.3 is 15.7 Å². The molecule has 5 aliphatic rings. The second-order valence-electron chi connectivity index (χ2n) is 19.0. The number of hydrogen-bond acceptors (Lipinski definition) is 4. The van der Waals surface area contributed by atoms with Crippen LogP contribution < -0.4 is 10.6 Å². The number of nitrogens with one attached hydrogen (secondary N) is 2. The number of halogens is 4. The molecular formula is C60H71Cl4N3O. The first kappa shape index (κ1) is 35.4. The molecule has 11 rings (SSSR count). The average Bonchev–Trinajstić information content (AvgIpc) is 2.41. The second kappa shape index (κ2) is 24.0. The highest BCUT2D eigenvalue weighted by atomic mass is 35.5. The van der Waals surface area contributed by atoms with E-state index in [-0.39, 0.29) is 125 Å². The molecule has 0 bridgehead atoms. The first-order valence-corrected chi connectivity index (χ1v) is 25.1. The fourth-order valence-electron chi connectivity index (χ4n) is 10.0. The van der Waals surface area contributed by atoms with Gasteiger partial charge in [-0.2, -0.15) is 0 Å². The summed E-state index contributed by atoms with van der Waals surface area (Å²) in [5, 5.41) is 18.4. The van der Waals surface area contributed by atoms with Gasteiger partial charge in [0.15, 0.2) is 0 Å². The smallest absolute Gasteiger partial charge is 0.0802 e. The number of likely N-dealkylation sites (tertiary alicyclic amines) is 1. The number of nitrogens with zero attached hydrogens (tertiary/aromatic N) is 1. The molecule has 3 aliphatic carbocycles. The molecule has 0 spiro atoms. The third-order valence-corrected chi connectivity index (χ3v) is 14.3. The number of aliphatic hydroxyl groups is 1.